The van der Waals surface area contributed by atoms with Crippen LogP contribution in [-0.2, 0) is 6.42 Å². The van der Waals surface area contributed by atoms with Gasteiger partial charge in [0.15, 0.2) is 5.16 Å². The minimum absolute atomic E-state index is 0.0400. The maximum absolute atomic E-state index is 13.2. The van der Waals surface area contributed by atoms with Crippen LogP contribution >= 0.6 is 23.5 Å². The number of hydrogen-bond donors (Lipinski definition) is 0. The standard InChI is InChI=1S/C17H19FN2OS2/c1-4-10(2)23-17-19-14-9-11(3)22-15(14)16(21)20(17)13-7-5-12(18)6-8-13/h5-8,10-11H,4,9H2,1-3H3/t10-,11+/m0/s1. The summed E-state index contributed by atoms with van der Waals surface area (Å²) in [6, 6.07) is 6.02. The number of nitrogens with zero attached hydrogens (tertiary/aromatic N) is 2. The zero-order valence-corrected chi connectivity index (χ0v) is 15.0. The van der Waals surface area contributed by atoms with Crippen LogP contribution in [0, 0.1) is 5.82 Å². The minimum atomic E-state index is -0.310. The molecule has 2 heterocycles. The fourth-order valence-corrected chi connectivity index (χ4v) is 4.54. The van der Waals surface area contributed by atoms with Crippen molar-refractivity contribution in [3.8, 4) is 5.69 Å². The van der Waals surface area contributed by atoms with E-state index in [0.29, 0.717) is 21.3 Å². The van der Waals surface area contributed by atoms with Gasteiger partial charge in [0.1, 0.15) is 5.82 Å². The predicted molar refractivity (Wildman–Crippen MR) is 94.4 cm³/mol. The maximum Gasteiger partial charge on any atom is 0.272 e. The van der Waals surface area contributed by atoms with E-state index >= 15 is 0 Å². The van der Waals surface area contributed by atoms with Gasteiger partial charge in [0.05, 0.1) is 16.3 Å². The van der Waals surface area contributed by atoms with Gasteiger partial charge in [0.2, 0.25) is 0 Å². The molecule has 1 aliphatic heterocycles. The zero-order valence-electron chi connectivity index (χ0n) is 13.4. The van der Waals surface area contributed by atoms with E-state index in [1.807, 2.05) is 0 Å². The monoisotopic (exact) mass is 350 g/mol. The van der Waals surface area contributed by atoms with Crippen molar-refractivity contribution in [1.82, 2.24) is 9.55 Å². The summed E-state index contributed by atoms with van der Waals surface area (Å²) in [6.45, 7) is 6.34. The first-order chi connectivity index (χ1) is 11.0. The fraction of sp³-hybridized carbons (Fsp3) is 0.412. The lowest BCUT2D eigenvalue weighted by Crippen LogP contribution is -2.24. The molecule has 23 heavy (non-hydrogen) atoms. The summed E-state index contributed by atoms with van der Waals surface area (Å²) in [5, 5.41) is 1.43. The molecule has 3 nitrogen and oxygen atoms in total. The van der Waals surface area contributed by atoms with Gasteiger partial charge in [-0.25, -0.2) is 9.37 Å². The van der Waals surface area contributed by atoms with Crippen LogP contribution in [0.5, 0.6) is 0 Å². The van der Waals surface area contributed by atoms with Crippen molar-refractivity contribution in [3.05, 3.63) is 46.1 Å². The van der Waals surface area contributed by atoms with Gasteiger partial charge in [-0.3, -0.25) is 9.36 Å². The van der Waals surface area contributed by atoms with E-state index in [1.54, 1.807) is 40.2 Å². The molecule has 0 aliphatic carbocycles. The second kappa shape index (κ2) is 6.69. The van der Waals surface area contributed by atoms with Crippen LogP contribution in [-0.4, -0.2) is 20.1 Å². The lowest BCUT2D eigenvalue weighted by atomic mass is 10.2. The molecule has 0 amide bonds. The molecule has 0 saturated heterocycles. The SMILES string of the molecule is CC[C@H](C)Sc1nc2c(c(=O)n1-c1ccc(F)cc1)S[C@H](C)C2. The Balaban J connectivity index is 2.17. The molecule has 2 aromatic rings. The van der Waals surface area contributed by atoms with Crippen LogP contribution in [0.1, 0.15) is 32.9 Å². The van der Waals surface area contributed by atoms with Crippen molar-refractivity contribution in [2.24, 2.45) is 0 Å². The summed E-state index contributed by atoms with van der Waals surface area (Å²) in [5.74, 6) is -0.310. The third-order valence-electron chi connectivity index (χ3n) is 3.85. The van der Waals surface area contributed by atoms with Crippen LogP contribution in [0.15, 0.2) is 39.1 Å². The molecule has 0 saturated carbocycles. The Labute approximate surface area is 143 Å². The Morgan fingerprint density at radius 1 is 1.43 bits per heavy atom. The topological polar surface area (TPSA) is 34.9 Å². The van der Waals surface area contributed by atoms with E-state index in [4.69, 9.17) is 4.98 Å². The first-order valence-electron chi connectivity index (χ1n) is 7.74. The maximum atomic E-state index is 13.2. The number of benzene rings is 1. The molecular weight excluding hydrogens is 331 g/mol. The summed E-state index contributed by atoms with van der Waals surface area (Å²) in [5.41, 5.74) is 1.52. The Morgan fingerprint density at radius 2 is 2.13 bits per heavy atom. The van der Waals surface area contributed by atoms with Crippen molar-refractivity contribution < 1.29 is 4.39 Å². The first kappa shape index (κ1) is 16.6. The van der Waals surface area contributed by atoms with Crippen molar-refractivity contribution in [2.75, 3.05) is 0 Å². The molecule has 1 aromatic heterocycles. The Kier molecular flexibility index (Phi) is 4.82. The molecule has 1 aromatic carbocycles. The number of thioether (sulfide) groups is 2. The Hall–Kier alpha value is -1.27. The van der Waals surface area contributed by atoms with Crippen LogP contribution in [0.4, 0.5) is 4.39 Å². The summed E-state index contributed by atoms with van der Waals surface area (Å²) in [6.07, 6.45) is 1.82. The van der Waals surface area contributed by atoms with E-state index < -0.39 is 0 Å². The molecule has 2 atom stereocenters. The second-order valence-electron chi connectivity index (χ2n) is 5.76. The van der Waals surface area contributed by atoms with Gasteiger partial charge in [-0.15, -0.1) is 11.8 Å². The predicted octanol–water partition coefficient (Wildman–Crippen LogP) is 4.30. The van der Waals surface area contributed by atoms with E-state index in [2.05, 4.69) is 20.8 Å². The van der Waals surface area contributed by atoms with E-state index in [-0.39, 0.29) is 11.4 Å². The summed E-state index contributed by atoms with van der Waals surface area (Å²) in [4.78, 5) is 18.5. The minimum Gasteiger partial charge on any atom is -0.268 e. The highest BCUT2D eigenvalue weighted by Crippen LogP contribution is 2.35. The molecule has 0 unspecified atom stereocenters. The largest absolute Gasteiger partial charge is 0.272 e. The van der Waals surface area contributed by atoms with E-state index in [0.717, 1.165) is 23.4 Å². The molecule has 1 aliphatic rings. The second-order valence-corrected chi connectivity index (χ2v) is 8.61. The third kappa shape index (κ3) is 3.33. The van der Waals surface area contributed by atoms with E-state index in [1.165, 1.54) is 12.1 Å². The zero-order chi connectivity index (χ0) is 16.6. The highest BCUT2D eigenvalue weighted by Gasteiger charge is 2.27. The molecule has 122 valence electrons. The van der Waals surface area contributed by atoms with Crippen molar-refractivity contribution in [2.45, 2.75) is 54.2 Å². The number of halogens is 1. The number of rotatable bonds is 4. The van der Waals surface area contributed by atoms with Crippen molar-refractivity contribution in [3.63, 3.8) is 0 Å². The van der Waals surface area contributed by atoms with Crippen LogP contribution in [0.25, 0.3) is 5.69 Å². The highest BCUT2D eigenvalue weighted by atomic mass is 32.2. The van der Waals surface area contributed by atoms with Gasteiger partial charge >= 0.3 is 0 Å². The van der Waals surface area contributed by atoms with Gasteiger partial charge in [0.25, 0.3) is 5.56 Å². The first-order valence-corrected chi connectivity index (χ1v) is 9.50. The van der Waals surface area contributed by atoms with Crippen molar-refractivity contribution >= 4 is 23.5 Å². The summed E-state index contributed by atoms with van der Waals surface area (Å²) >= 11 is 3.18. The lowest BCUT2D eigenvalue weighted by molar-refractivity contribution is 0.626. The molecular formula is C17H19FN2OS2. The molecule has 6 heteroatoms. The van der Waals surface area contributed by atoms with Gasteiger partial charge in [-0.1, -0.05) is 32.5 Å². The van der Waals surface area contributed by atoms with Gasteiger partial charge < -0.3 is 0 Å². The van der Waals surface area contributed by atoms with Crippen molar-refractivity contribution in [1.29, 1.82) is 0 Å². The number of fused-ring (bicyclic) bond motifs is 1. The quantitative estimate of drug-likeness (QED) is 0.608. The Morgan fingerprint density at radius 3 is 2.78 bits per heavy atom. The molecule has 0 radical (unpaired) electrons. The molecule has 0 bridgehead atoms. The normalized spacial score (nSPS) is 18.0. The molecule has 0 fully saturated rings. The van der Waals surface area contributed by atoms with Crippen LogP contribution in [0.2, 0.25) is 0 Å². The number of hydrogen-bond acceptors (Lipinski definition) is 4. The summed E-state index contributed by atoms with van der Waals surface area (Å²) < 4.78 is 14.9. The lowest BCUT2D eigenvalue weighted by Gasteiger charge is -2.16. The average Bonchev–Trinajstić information content (AvgIpc) is 2.89. The molecule has 0 spiro atoms. The smallest absolute Gasteiger partial charge is 0.268 e. The van der Waals surface area contributed by atoms with Gasteiger partial charge in [0, 0.05) is 16.9 Å². The Bertz CT molecular complexity index is 773. The fourth-order valence-electron chi connectivity index (χ4n) is 2.46. The van der Waals surface area contributed by atoms with Crippen LogP contribution in [0.3, 0.4) is 0 Å². The third-order valence-corrected chi connectivity index (χ3v) is 6.28. The molecule has 0 N–H and O–H groups in total. The van der Waals surface area contributed by atoms with Gasteiger partial charge in [-0.05, 0) is 30.7 Å². The average molecular weight is 350 g/mol. The highest BCUT2D eigenvalue weighted by molar-refractivity contribution is 8.00. The van der Waals surface area contributed by atoms with Gasteiger partial charge in [-0.2, -0.15) is 0 Å². The van der Waals surface area contributed by atoms with Crippen LogP contribution < -0.4 is 5.56 Å². The van der Waals surface area contributed by atoms with E-state index in [9.17, 15) is 9.18 Å². The summed E-state index contributed by atoms with van der Waals surface area (Å²) in [7, 11) is 0. The number of aromatic nitrogens is 2. The molecule has 3 rings (SSSR count).